The lowest BCUT2D eigenvalue weighted by molar-refractivity contribution is 1.02. The zero-order valence-corrected chi connectivity index (χ0v) is 9.58. The van der Waals surface area contributed by atoms with Crippen LogP contribution >= 0.6 is 11.3 Å². The van der Waals surface area contributed by atoms with Crippen molar-refractivity contribution < 1.29 is 0 Å². The molecule has 1 N–H and O–H groups in total. The molecule has 4 nitrogen and oxygen atoms in total. The van der Waals surface area contributed by atoms with E-state index >= 15 is 0 Å². The molecule has 0 saturated carbocycles. The van der Waals surface area contributed by atoms with Crippen LogP contribution in [0.3, 0.4) is 0 Å². The Hall–Kier alpha value is -1.93. The van der Waals surface area contributed by atoms with Crippen molar-refractivity contribution in [3.05, 3.63) is 40.0 Å². The van der Waals surface area contributed by atoms with Gasteiger partial charge in [-0.1, -0.05) is 6.07 Å². The first-order valence-electron chi connectivity index (χ1n) is 4.80. The van der Waals surface area contributed by atoms with E-state index < -0.39 is 0 Å². The second kappa shape index (κ2) is 4.73. The van der Waals surface area contributed by atoms with Gasteiger partial charge in [0.2, 0.25) is 0 Å². The summed E-state index contributed by atoms with van der Waals surface area (Å²) in [6, 6.07) is 7.73. The Bertz CT molecular complexity index is 513. The number of hydrogen-bond acceptors (Lipinski definition) is 5. The molecule has 0 aliphatic rings. The van der Waals surface area contributed by atoms with Crippen molar-refractivity contribution in [2.75, 3.05) is 5.32 Å². The van der Waals surface area contributed by atoms with Gasteiger partial charge in [-0.15, -0.1) is 11.3 Å². The average molecular weight is 230 g/mol. The van der Waals surface area contributed by atoms with E-state index in [2.05, 4.69) is 21.4 Å². The molecule has 2 heterocycles. The Kier molecular flexibility index (Phi) is 3.13. The number of nitriles is 1. The maximum atomic E-state index is 8.77. The van der Waals surface area contributed by atoms with Gasteiger partial charge in [0, 0.05) is 10.9 Å². The molecule has 0 fully saturated rings. The third-order valence-corrected chi connectivity index (χ3v) is 2.85. The average Bonchev–Trinajstić information content (AvgIpc) is 2.78. The van der Waals surface area contributed by atoms with Crippen LogP contribution in [-0.2, 0) is 6.54 Å². The molecule has 0 aliphatic carbocycles. The Balaban J connectivity index is 2.10. The lowest BCUT2D eigenvalue weighted by Gasteiger charge is -2.04. The van der Waals surface area contributed by atoms with Gasteiger partial charge in [0.05, 0.1) is 6.54 Å². The van der Waals surface area contributed by atoms with Gasteiger partial charge in [-0.05, 0) is 18.4 Å². The largest absolute Gasteiger partial charge is 0.365 e. The predicted octanol–water partition coefficient (Wildman–Crippen LogP) is 2.33. The molecule has 0 saturated heterocycles. The number of aromatic nitrogens is 2. The van der Waals surface area contributed by atoms with Crippen molar-refractivity contribution >= 4 is 17.2 Å². The SMILES string of the molecule is Cc1nc(C#N)cc(NCc2cccs2)n1. The number of hydrogen-bond donors (Lipinski definition) is 1. The summed E-state index contributed by atoms with van der Waals surface area (Å²) in [6.07, 6.45) is 0. The standard InChI is InChI=1S/C11H10N4S/c1-8-14-9(6-12)5-11(15-8)13-7-10-3-2-4-16-10/h2-5H,7H2,1H3,(H,13,14,15). The van der Waals surface area contributed by atoms with Gasteiger partial charge in [0.1, 0.15) is 23.4 Å². The Labute approximate surface area is 97.6 Å². The van der Waals surface area contributed by atoms with E-state index in [1.807, 2.05) is 17.5 Å². The molecule has 0 bridgehead atoms. The quantitative estimate of drug-likeness (QED) is 0.879. The summed E-state index contributed by atoms with van der Waals surface area (Å²) >= 11 is 1.69. The van der Waals surface area contributed by atoms with Crippen LogP contribution in [0.2, 0.25) is 0 Å². The molecule has 0 aliphatic heterocycles. The van der Waals surface area contributed by atoms with E-state index in [1.54, 1.807) is 24.3 Å². The summed E-state index contributed by atoms with van der Waals surface area (Å²) in [5.41, 5.74) is 0.390. The van der Waals surface area contributed by atoms with Gasteiger partial charge in [-0.3, -0.25) is 0 Å². The molecule has 0 amide bonds. The van der Waals surface area contributed by atoms with Crippen LogP contribution in [0.5, 0.6) is 0 Å². The normalized spacial score (nSPS) is 9.75. The number of nitrogens with one attached hydrogen (secondary N) is 1. The smallest absolute Gasteiger partial charge is 0.146 e. The number of rotatable bonds is 3. The zero-order valence-electron chi connectivity index (χ0n) is 8.77. The molecule has 2 aromatic heterocycles. The van der Waals surface area contributed by atoms with Crippen molar-refractivity contribution in [2.24, 2.45) is 0 Å². The minimum absolute atomic E-state index is 0.390. The summed E-state index contributed by atoms with van der Waals surface area (Å²) in [5, 5.41) is 14.0. The van der Waals surface area contributed by atoms with Crippen molar-refractivity contribution in [3.63, 3.8) is 0 Å². The highest BCUT2D eigenvalue weighted by Gasteiger charge is 2.01. The second-order valence-electron chi connectivity index (χ2n) is 3.23. The summed E-state index contributed by atoms with van der Waals surface area (Å²) < 4.78 is 0. The van der Waals surface area contributed by atoms with Crippen LogP contribution < -0.4 is 5.32 Å². The molecule has 2 aromatic rings. The van der Waals surface area contributed by atoms with Gasteiger partial charge in [-0.2, -0.15) is 5.26 Å². The molecule has 5 heteroatoms. The summed E-state index contributed by atoms with van der Waals surface area (Å²) in [6.45, 7) is 2.50. The molecular weight excluding hydrogens is 220 g/mol. The predicted molar refractivity (Wildman–Crippen MR) is 63.1 cm³/mol. The summed E-state index contributed by atoms with van der Waals surface area (Å²) in [5.74, 6) is 1.30. The molecule has 2 rings (SSSR count). The van der Waals surface area contributed by atoms with E-state index in [-0.39, 0.29) is 0 Å². The van der Waals surface area contributed by atoms with Crippen LogP contribution in [0.1, 0.15) is 16.4 Å². The number of thiophene rings is 1. The topological polar surface area (TPSA) is 61.6 Å². The molecule has 0 atom stereocenters. The van der Waals surface area contributed by atoms with Gasteiger partial charge < -0.3 is 5.32 Å². The third-order valence-electron chi connectivity index (χ3n) is 1.98. The minimum Gasteiger partial charge on any atom is -0.365 e. The van der Waals surface area contributed by atoms with Crippen molar-refractivity contribution in [1.29, 1.82) is 5.26 Å². The van der Waals surface area contributed by atoms with Gasteiger partial charge in [0.25, 0.3) is 0 Å². The molecule has 16 heavy (non-hydrogen) atoms. The van der Waals surface area contributed by atoms with Crippen LogP contribution in [-0.4, -0.2) is 9.97 Å². The van der Waals surface area contributed by atoms with E-state index in [0.29, 0.717) is 17.3 Å². The van der Waals surface area contributed by atoms with Gasteiger partial charge in [-0.25, -0.2) is 9.97 Å². The lowest BCUT2D eigenvalue weighted by Crippen LogP contribution is -2.02. The third kappa shape index (κ3) is 2.55. The fourth-order valence-corrected chi connectivity index (χ4v) is 1.95. The van der Waals surface area contributed by atoms with Crippen molar-refractivity contribution in [2.45, 2.75) is 13.5 Å². The van der Waals surface area contributed by atoms with Crippen molar-refractivity contribution in [1.82, 2.24) is 9.97 Å². The number of aryl methyl sites for hydroxylation is 1. The molecule has 80 valence electrons. The molecule has 0 radical (unpaired) electrons. The first-order valence-corrected chi connectivity index (χ1v) is 5.68. The van der Waals surface area contributed by atoms with E-state index in [1.165, 1.54) is 4.88 Å². The highest BCUT2D eigenvalue weighted by molar-refractivity contribution is 7.09. The van der Waals surface area contributed by atoms with E-state index in [0.717, 1.165) is 6.54 Å². The number of anilines is 1. The van der Waals surface area contributed by atoms with Crippen LogP contribution in [0.4, 0.5) is 5.82 Å². The highest BCUT2D eigenvalue weighted by atomic mass is 32.1. The second-order valence-corrected chi connectivity index (χ2v) is 4.26. The molecule has 0 spiro atoms. The monoisotopic (exact) mass is 230 g/mol. The van der Waals surface area contributed by atoms with Crippen LogP contribution in [0.15, 0.2) is 23.6 Å². The molecular formula is C11H10N4S. The van der Waals surface area contributed by atoms with Gasteiger partial charge in [0.15, 0.2) is 0 Å². The fourth-order valence-electron chi connectivity index (χ4n) is 1.31. The van der Waals surface area contributed by atoms with Crippen LogP contribution in [0.25, 0.3) is 0 Å². The first kappa shape index (κ1) is 10.6. The highest BCUT2D eigenvalue weighted by Crippen LogP contribution is 2.12. The summed E-state index contributed by atoms with van der Waals surface area (Å²) in [4.78, 5) is 9.43. The summed E-state index contributed by atoms with van der Waals surface area (Å²) in [7, 11) is 0. The Morgan fingerprint density at radius 2 is 2.38 bits per heavy atom. The number of nitrogens with zero attached hydrogens (tertiary/aromatic N) is 3. The Morgan fingerprint density at radius 1 is 1.50 bits per heavy atom. The Morgan fingerprint density at radius 3 is 3.06 bits per heavy atom. The van der Waals surface area contributed by atoms with Gasteiger partial charge >= 0.3 is 0 Å². The minimum atomic E-state index is 0.390. The molecule has 0 aromatic carbocycles. The zero-order chi connectivity index (χ0) is 11.4. The maximum absolute atomic E-state index is 8.77. The van der Waals surface area contributed by atoms with Crippen LogP contribution in [0, 0.1) is 18.3 Å². The van der Waals surface area contributed by atoms with E-state index in [4.69, 9.17) is 5.26 Å². The molecule has 0 unspecified atom stereocenters. The fraction of sp³-hybridized carbons (Fsp3) is 0.182. The maximum Gasteiger partial charge on any atom is 0.146 e. The lowest BCUT2D eigenvalue weighted by atomic mass is 10.4. The first-order chi connectivity index (χ1) is 7.78. The van der Waals surface area contributed by atoms with Crippen molar-refractivity contribution in [3.8, 4) is 6.07 Å². The van der Waals surface area contributed by atoms with E-state index in [9.17, 15) is 0 Å².